The number of methoxy groups -OCH3 is 2. The van der Waals surface area contributed by atoms with Crippen molar-refractivity contribution in [2.45, 2.75) is 51.6 Å². The van der Waals surface area contributed by atoms with Crippen molar-refractivity contribution in [1.29, 1.82) is 0 Å². The normalized spacial score (nSPS) is 17.6. The number of para-hydroxylation sites is 1. The van der Waals surface area contributed by atoms with Crippen molar-refractivity contribution >= 4 is 34.5 Å². The summed E-state index contributed by atoms with van der Waals surface area (Å²) < 4.78 is 12.3. The van der Waals surface area contributed by atoms with Gasteiger partial charge in [-0.2, -0.15) is 0 Å². The summed E-state index contributed by atoms with van der Waals surface area (Å²) in [5.74, 6) is -0.394. The molecule has 1 aliphatic rings. The summed E-state index contributed by atoms with van der Waals surface area (Å²) in [5.41, 5.74) is 2.33. The number of aryl methyl sites for hydroxylation is 2. The first-order valence-corrected chi connectivity index (χ1v) is 17.5. The van der Waals surface area contributed by atoms with Crippen LogP contribution in [0.5, 0.6) is 11.5 Å². The molecular weight excluding hydrogens is 662 g/mol. The van der Waals surface area contributed by atoms with E-state index in [0.29, 0.717) is 53.8 Å². The van der Waals surface area contributed by atoms with E-state index >= 15 is 0 Å². The summed E-state index contributed by atoms with van der Waals surface area (Å²) in [6.07, 6.45) is 1.69. The topological polar surface area (TPSA) is 148 Å². The van der Waals surface area contributed by atoms with Crippen LogP contribution in [0.4, 0.5) is 0 Å². The first kappa shape index (κ1) is 37.6. The molecule has 2 atom stereocenters. The molecule has 12 nitrogen and oxygen atoms in total. The number of nitrogens with one attached hydrogen (secondary N) is 3. The van der Waals surface area contributed by atoms with Gasteiger partial charge < -0.3 is 34.9 Å². The summed E-state index contributed by atoms with van der Waals surface area (Å²) in [5, 5.41) is 9.54. The molecule has 0 spiro atoms. The molecule has 12 heteroatoms. The maximum atomic E-state index is 14.4. The van der Waals surface area contributed by atoms with Crippen molar-refractivity contribution in [1.82, 2.24) is 25.4 Å². The molecule has 2 heterocycles. The van der Waals surface area contributed by atoms with E-state index in [2.05, 4.69) is 16.0 Å². The van der Waals surface area contributed by atoms with E-state index in [-0.39, 0.29) is 42.5 Å². The lowest BCUT2D eigenvalue weighted by Gasteiger charge is -2.30. The molecule has 52 heavy (non-hydrogen) atoms. The standard InChI is InChI=1S/C40H47N5O7/c1-25(2)19-29-23-45(40(50)32-22-37(47)44(3)34-11-7-6-10-31(32)34)24-36(46)41-18-8-9-27-21-28(14-17-35(27)52-5)38(48)43-33(39(49)42-29)20-26-12-15-30(51-4)16-13-26/h6-7,10-17,21-22,25,29,33H,8-9,18-20,23-24H2,1-5H3,(H,41,46)(H,42,49)(H,43,48)/t29-,33-/m0/s1. The van der Waals surface area contributed by atoms with Gasteiger partial charge in [0.15, 0.2) is 0 Å². The van der Waals surface area contributed by atoms with Crippen molar-refractivity contribution in [3.05, 3.63) is 105 Å². The second kappa shape index (κ2) is 17.0. The van der Waals surface area contributed by atoms with Gasteiger partial charge in [0.25, 0.3) is 17.4 Å². The fourth-order valence-corrected chi connectivity index (χ4v) is 6.59. The van der Waals surface area contributed by atoms with E-state index in [9.17, 15) is 24.0 Å². The average molecular weight is 710 g/mol. The van der Waals surface area contributed by atoms with E-state index in [0.717, 1.165) is 11.1 Å². The zero-order valence-corrected chi connectivity index (χ0v) is 30.4. The van der Waals surface area contributed by atoms with Gasteiger partial charge in [-0.05, 0) is 72.7 Å². The smallest absolute Gasteiger partial charge is 0.255 e. The van der Waals surface area contributed by atoms with Crippen molar-refractivity contribution in [2.24, 2.45) is 13.0 Å². The van der Waals surface area contributed by atoms with Crippen LogP contribution in [0.1, 0.15) is 58.5 Å². The molecule has 4 aromatic rings. The van der Waals surface area contributed by atoms with E-state index in [1.165, 1.54) is 15.5 Å². The summed E-state index contributed by atoms with van der Waals surface area (Å²) in [4.78, 5) is 70.2. The Labute approximate surface area is 303 Å². The number of rotatable bonds is 7. The van der Waals surface area contributed by atoms with Crippen LogP contribution in [-0.2, 0) is 29.5 Å². The zero-order valence-electron chi connectivity index (χ0n) is 30.4. The number of aromatic nitrogens is 1. The largest absolute Gasteiger partial charge is 0.497 e. The van der Waals surface area contributed by atoms with Crippen LogP contribution in [-0.4, -0.2) is 79.0 Å². The Hall–Kier alpha value is -5.65. The molecular formula is C40H47N5O7. The van der Waals surface area contributed by atoms with Gasteiger partial charge in [0.2, 0.25) is 11.8 Å². The molecule has 3 aromatic carbocycles. The highest BCUT2D eigenvalue weighted by Gasteiger charge is 2.29. The molecule has 1 aliphatic heterocycles. The molecule has 0 saturated heterocycles. The Balaban J connectivity index is 1.54. The van der Waals surface area contributed by atoms with Crippen LogP contribution in [0, 0.1) is 5.92 Å². The number of nitrogens with zero attached hydrogens (tertiary/aromatic N) is 2. The Morgan fingerprint density at radius 1 is 0.923 bits per heavy atom. The number of carbonyl (C=O) groups excluding carboxylic acids is 4. The lowest BCUT2D eigenvalue weighted by atomic mass is 10.00. The van der Waals surface area contributed by atoms with E-state index < -0.39 is 29.8 Å². The van der Waals surface area contributed by atoms with Crippen molar-refractivity contribution < 1.29 is 28.7 Å². The maximum absolute atomic E-state index is 14.4. The number of ether oxygens (including phenoxy) is 2. The lowest BCUT2D eigenvalue weighted by molar-refractivity contribution is -0.123. The number of hydrogen-bond acceptors (Lipinski definition) is 7. The average Bonchev–Trinajstić information content (AvgIpc) is 3.13. The Bertz CT molecular complexity index is 1990. The Morgan fingerprint density at radius 3 is 2.38 bits per heavy atom. The molecule has 3 N–H and O–H groups in total. The summed E-state index contributed by atoms with van der Waals surface area (Å²) in [6.45, 7) is 4.00. The van der Waals surface area contributed by atoms with Crippen molar-refractivity contribution in [3.63, 3.8) is 0 Å². The highest BCUT2D eigenvalue weighted by molar-refractivity contribution is 6.07. The number of fused-ring (bicyclic) bond motifs is 3. The number of hydrogen-bond donors (Lipinski definition) is 3. The van der Waals surface area contributed by atoms with Gasteiger partial charge in [-0.1, -0.05) is 44.2 Å². The number of pyridine rings is 1. The van der Waals surface area contributed by atoms with E-state index in [1.54, 1.807) is 75.9 Å². The molecule has 0 fully saturated rings. The van der Waals surface area contributed by atoms with E-state index in [4.69, 9.17) is 9.47 Å². The van der Waals surface area contributed by atoms with Crippen LogP contribution < -0.4 is 31.0 Å². The molecule has 2 bridgehead atoms. The molecule has 274 valence electrons. The third kappa shape index (κ3) is 9.17. The van der Waals surface area contributed by atoms with E-state index in [1.807, 2.05) is 26.0 Å². The fraction of sp³-hybridized carbons (Fsp3) is 0.375. The van der Waals surface area contributed by atoms with Crippen LogP contribution in [0.3, 0.4) is 0 Å². The number of carbonyl (C=O) groups is 4. The quantitative estimate of drug-likeness (QED) is 0.266. The van der Waals surface area contributed by atoms with Crippen LogP contribution in [0.25, 0.3) is 10.9 Å². The van der Waals surface area contributed by atoms with Gasteiger partial charge in [0, 0.05) is 49.6 Å². The monoisotopic (exact) mass is 709 g/mol. The third-order valence-electron chi connectivity index (χ3n) is 9.26. The molecule has 1 aromatic heterocycles. The van der Waals surface area contributed by atoms with Crippen LogP contribution >= 0.6 is 0 Å². The van der Waals surface area contributed by atoms with Gasteiger partial charge in [-0.25, -0.2) is 0 Å². The van der Waals surface area contributed by atoms with Gasteiger partial charge in [0.05, 0.1) is 31.8 Å². The second-order valence-electron chi connectivity index (χ2n) is 13.6. The maximum Gasteiger partial charge on any atom is 0.255 e. The fourth-order valence-electron chi connectivity index (χ4n) is 6.59. The van der Waals surface area contributed by atoms with Gasteiger partial charge in [0.1, 0.15) is 17.5 Å². The summed E-state index contributed by atoms with van der Waals surface area (Å²) >= 11 is 0. The first-order chi connectivity index (χ1) is 25.0. The first-order valence-electron chi connectivity index (χ1n) is 17.5. The minimum Gasteiger partial charge on any atom is -0.497 e. The number of benzene rings is 3. The highest BCUT2D eigenvalue weighted by Crippen LogP contribution is 2.23. The molecule has 5 rings (SSSR count). The summed E-state index contributed by atoms with van der Waals surface area (Å²) in [7, 11) is 4.76. The van der Waals surface area contributed by atoms with Crippen LogP contribution in [0.2, 0.25) is 0 Å². The lowest BCUT2D eigenvalue weighted by Crippen LogP contribution is -2.54. The Morgan fingerprint density at radius 2 is 1.67 bits per heavy atom. The molecule has 0 unspecified atom stereocenters. The predicted octanol–water partition coefficient (Wildman–Crippen LogP) is 3.63. The van der Waals surface area contributed by atoms with Crippen molar-refractivity contribution in [3.8, 4) is 11.5 Å². The highest BCUT2D eigenvalue weighted by atomic mass is 16.5. The minimum absolute atomic E-state index is 0.0130. The zero-order chi connectivity index (χ0) is 37.4. The van der Waals surface area contributed by atoms with Crippen molar-refractivity contribution in [2.75, 3.05) is 33.9 Å². The van der Waals surface area contributed by atoms with Gasteiger partial charge in [-0.15, -0.1) is 0 Å². The summed E-state index contributed by atoms with van der Waals surface area (Å²) in [6, 6.07) is 19.2. The Kier molecular flexibility index (Phi) is 12.3. The molecule has 0 aliphatic carbocycles. The minimum atomic E-state index is -0.981. The molecule has 0 saturated carbocycles. The van der Waals surface area contributed by atoms with Gasteiger partial charge in [-0.3, -0.25) is 24.0 Å². The van der Waals surface area contributed by atoms with Crippen LogP contribution in [0.15, 0.2) is 77.6 Å². The third-order valence-corrected chi connectivity index (χ3v) is 9.26. The van der Waals surface area contributed by atoms with Gasteiger partial charge >= 0.3 is 0 Å². The second-order valence-corrected chi connectivity index (χ2v) is 13.6. The molecule has 4 amide bonds. The number of amides is 4. The SMILES string of the molecule is COc1ccc(C[C@@H]2NC(=O)c3ccc(OC)c(c3)CCCNC(=O)CN(C(=O)c3cc(=O)n(C)c4ccccc34)C[C@H](CC(C)C)NC2=O)cc1. The predicted molar refractivity (Wildman–Crippen MR) is 199 cm³/mol. The molecule has 0 radical (unpaired) electrons.